The molecule has 0 heterocycles. The van der Waals surface area contributed by atoms with E-state index in [0.29, 0.717) is 17.8 Å². The highest BCUT2D eigenvalue weighted by molar-refractivity contribution is 7.78. The number of thiocarbonyl (C=S) groups is 2. The first-order valence-corrected chi connectivity index (χ1v) is 11.4. The van der Waals surface area contributed by atoms with Gasteiger partial charge in [-0.1, -0.05) is 13.8 Å². The molecule has 2 nitrogen and oxygen atoms in total. The lowest BCUT2D eigenvalue weighted by atomic mass is 9.40. The molecule has 0 saturated heterocycles. The van der Waals surface area contributed by atoms with Crippen LogP contribution in [-0.4, -0.2) is 21.4 Å². The van der Waals surface area contributed by atoms with Gasteiger partial charge in [0.2, 0.25) is 0 Å². The van der Waals surface area contributed by atoms with Gasteiger partial charge in [0, 0.05) is 0 Å². The first-order valence-electron chi connectivity index (χ1n) is 10.5. The van der Waals surface area contributed by atoms with Crippen LogP contribution in [-0.2, 0) is 0 Å². The lowest BCUT2D eigenvalue weighted by molar-refractivity contribution is -0.148. The van der Waals surface area contributed by atoms with Crippen LogP contribution in [0.15, 0.2) is 9.98 Å². The summed E-state index contributed by atoms with van der Waals surface area (Å²) in [7, 11) is 0. The lowest BCUT2D eigenvalue weighted by Crippen LogP contribution is -2.63. The zero-order valence-corrected chi connectivity index (χ0v) is 18.2. The van der Waals surface area contributed by atoms with Gasteiger partial charge in [0.15, 0.2) is 0 Å². The zero-order chi connectivity index (χ0) is 18.7. The van der Waals surface area contributed by atoms with Gasteiger partial charge in [0.25, 0.3) is 0 Å². The third-order valence-electron chi connectivity index (χ3n) is 9.38. The van der Waals surface area contributed by atoms with E-state index in [1.54, 1.807) is 0 Å². The minimum absolute atomic E-state index is 0.00235. The van der Waals surface area contributed by atoms with Crippen LogP contribution in [0.5, 0.6) is 0 Å². The maximum Gasteiger partial charge on any atom is 0.0739 e. The largest absolute Gasteiger partial charge is 0.226 e. The van der Waals surface area contributed by atoms with Crippen molar-refractivity contribution in [3.63, 3.8) is 0 Å². The molecule has 4 saturated carbocycles. The van der Waals surface area contributed by atoms with Gasteiger partial charge in [-0.15, -0.1) is 0 Å². The number of isothiocyanates is 2. The van der Waals surface area contributed by atoms with E-state index in [-0.39, 0.29) is 11.1 Å². The minimum Gasteiger partial charge on any atom is -0.226 e. The summed E-state index contributed by atoms with van der Waals surface area (Å²) < 4.78 is 0. The van der Waals surface area contributed by atoms with Crippen LogP contribution < -0.4 is 0 Å². The van der Waals surface area contributed by atoms with Gasteiger partial charge in [0.05, 0.1) is 21.4 Å². The van der Waals surface area contributed by atoms with Crippen LogP contribution in [0.25, 0.3) is 0 Å². The number of nitrogens with zero attached hydrogens (tertiary/aromatic N) is 2. The molecule has 0 amide bonds. The Morgan fingerprint density at radius 1 is 0.885 bits per heavy atom. The SMILES string of the molecule is C[C@@H]1C[C@@H]2C[C@H](C)[C@H]3CC[C@](C)(N=C=S)[C@H]4CC[C@@H]([C@@H]2[C@H]34)[C@]1(C)N=C=S. The molecule has 4 rings (SSSR count). The predicted octanol–water partition coefficient (Wildman–Crippen LogP) is 6.07. The van der Waals surface area contributed by atoms with E-state index < -0.39 is 0 Å². The van der Waals surface area contributed by atoms with Crippen molar-refractivity contribution in [2.45, 2.75) is 77.3 Å². The topological polar surface area (TPSA) is 24.7 Å². The molecule has 0 spiro atoms. The van der Waals surface area contributed by atoms with Gasteiger partial charge in [-0.05, 0) is 124 Å². The van der Waals surface area contributed by atoms with Crippen molar-refractivity contribution in [2.24, 2.45) is 57.3 Å². The molecule has 0 unspecified atom stereocenters. The molecular formula is C22H32N2S2. The van der Waals surface area contributed by atoms with E-state index in [0.717, 1.165) is 29.6 Å². The number of rotatable bonds is 2. The first kappa shape index (κ1) is 18.9. The van der Waals surface area contributed by atoms with Gasteiger partial charge < -0.3 is 0 Å². The Morgan fingerprint density at radius 3 is 2.27 bits per heavy atom. The second-order valence-electron chi connectivity index (χ2n) is 10.2. The Labute approximate surface area is 169 Å². The molecule has 10 atom stereocenters. The average molecular weight is 389 g/mol. The fraction of sp³-hybridized carbons (Fsp3) is 0.909. The van der Waals surface area contributed by atoms with E-state index in [4.69, 9.17) is 34.4 Å². The quantitative estimate of drug-likeness (QED) is 0.423. The molecule has 0 aromatic heterocycles. The molecule has 0 radical (unpaired) electrons. The smallest absolute Gasteiger partial charge is 0.0739 e. The Morgan fingerprint density at radius 2 is 1.58 bits per heavy atom. The monoisotopic (exact) mass is 388 g/mol. The minimum atomic E-state index is -0.0275. The van der Waals surface area contributed by atoms with Crippen molar-refractivity contribution in [2.75, 3.05) is 0 Å². The summed E-state index contributed by atoms with van der Waals surface area (Å²) in [5.41, 5.74) is -0.0252. The highest BCUT2D eigenvalue weighted by Gasteiger charge is 2.63. The molecule has 0 aromatic carbocycles. The summed E-state index contributed by atoms with van der Waals surface area (Å²) in [6.45, 7) is 9.63. The second-order valence-corrected chi connectivity index (χ2v) is 10.6. The van der Waals surface area contributed by atoms with Crippen molar-refractivity contribution < 1.29 is 0 Å². The number of hydrogen-bond donors (Lipinski definition) is 0. The average Bonchev–Trinajstić information content (AvgIpc) is 2.59. The molecule has 0 aromatic rings. The second kappa shape index (κ2) is 6.59. The highest BCUT2D eigenvalue weighted by Crippen LogP contribution is 2.66. The van der Waals surface area contributed by atoms with E-state index >= 15 is 0 Å². The molecule has 0 N–H and O–H groups in total. The number of hydrogen-bond acceptors (Lipinski definition) is 4. The summed E-state index contributed by atoms with van der Waals surface area (Å²) in [6.07, 6.45) is 7.70. The van der Waals surface area contributed by atoms with Crippen molar-refractivity contribution in [1.82, 2.24) is 0 Å². The highest BCUT2D eigenvalue weighted by atomic mass is 32.1. The lowest BCUT2D eigenvalue weighted by Gasteiger charge is -2.65. The van der Waals surface area contributed by atoms with E-state index in [9.17, 15) is 0 Å². The Balaban J connectivity index is 1.79. The first-order chi connectivity index (χ1) is 12.4. The van der Waals surface area contributed by atoms with Crippen molar-refractivity contribution in [1.29, 1.82) is 0 Å². The Bertz CT molecular complexity index is 680. The summed E-state index contributed by atoms with van der Waals surface area (Å²) in [5, 5.41) is 5.52. The fourth-order valence-corrected chi connectivity index (χ4v) is 8.48. The molecule has 0 aliphatic heterocycles. The molecule has 0 bridgehead atoms. The molecule has 4 heteroatoms. The van der Waals surface area contributed by atoms with Crippen LogP contribution in [0.1, 0.15) is 66.2 Å². The van der Waals surface area contributed by atoms with Crippen molar-refractivity contribution in [3.05, 3.63) is 0 Å². The fourth-order valence-electron chi connectivity index (χ4n) is 8.07. The van der Waals surface area contributed by atoms with Crippen LogP contribution in [0.3, 0.4) is 0 Å². The standard InChI is InChI=1S/C22H32N2S2/c1-13-9-15-10-14(2)22(4,24-12-26)18-6-5-17-20(19(15)18)16(13)7-8-21(17,3)23-11-25/h13-20H,5-10H2,1-4H3/t13-,14+,15-,16+,17-,18-,19+,20+,21-,22+/m0/s1. The van der Waals surface area contributed by atoms with Crippen LogP contribution in [0.4, 0.5) is 0 Å². The number of aliphatic imine (C=N–C) groups is 2. The molecule has 4 aliphatic carbocycles. The molecule has 4 aliphatic rings. The van der Waals surface area contributed by atoms with E-state index in [1.807, 2.05) is 0 Å². The van der Waals surface area contributed by atoms with Crippen LogP contribution in [0.2, 0.25) is 0 Å². The van der Waals surface area contributed by atoms with Crippen molar-refractivity contribution >= 4 is 34.8 Å². The Hall–Kier alpha value is -0.400. The normalized spacial score (nSPS) is 55.1. The summed E-state index contributed by atoms with van der Waals surface area (Å²) >= 11 is 10.1. The third-order valence-corrected chi connectivity index (χ3v) is 9.56. The summed E-state index contributed by atoms with van der Waals surface area (Å²) in [5.74, 6) is 6.02. The maximum absolute atomic E-state index is 5.07. The third kappa shape index (κ3) is 2.56. The molecular weight excluding hydrogens is 356 g/mol. The van der Waals surface area contributed by atoms with Crippen LogP contribution >= 0.6 is 24.4 Å². The van der Waals surface area contributed by atoms with Gasteiger partial charge in [0.1, 0.15) is 0 Å². The van der Waals surface area contributed by atoms with Crippen molar-refractivity contribution in [3.8, 4) is 0 Å². The van der Waals surface area contributed by atoms with E-state index in [2.05, 4.69) is 38.0 Å². The van der Waals surface area contributed by atoms with Gasteiger partial charge in [-0.25, -0.2) is 9.98 Å². The zero-order valence-electron chi connectivity index (χ0n) is 16.6. The molecule has 142 valence electrons. The van der Waals surface area contributed by atoms with Gasteiger partial charge >= 0.3 is 0 Å². The van der Waals surface area contributed by atoms with Gasteiger partial charge in [-0.2, -0.15) is 0 Å². The summed E-state index contributed by atoms with van der Waals surface area (Å²) in [6, 6.07) is 0. The molecule has 4 fully saturated rings. The van der Waals surface area contributed by atoms with Crippen LogP contribution in [0, 0.1) is 47.3 Å². The predicted molar refractivity (Wildman–Crippen MR) is 114 cm³/mol. The van der Waals surface area contributed by atoms with E-state index in [1.165, 1.54) is 38.5 Å². The molecule has 26 heavy (non-hydrogen) atoms. The maximum atomic E-state index is 5.07. The Kier molecular flexibility index (Phi) is 4.80. The summed E-state index contributed by atoms with van der Waals surface area (Å²) in [4.78, 5) is 9.55. The van der Waals surface area contributed by atoms with Gasteiger partial charge in [-0.3, -0.25) is 0 Å².